The summed E-state index contributed by atoms with van der Waals surface area (Å²) in [6.07, 6.45) is 1.84. The minimum atomic E-state index is -0.295. The highest BCUT2D eigenvalue weighted by atomic mass is 16.1. The second-order valence-corrected chi connectivity index (χ2v) is 6.44. The molecule has 0 aliphatic heterocycles. The van der Waals surface area contributed by atoms with Gasteiger partial charge in [-0.2, -0.15) is 4.98 Å². The van der Waals surface area contributed by atoms with E-state index in [9.17, 15) is 4.79 Å². The number of nitrogens with zero attached hydrogens (tertiary/aromatic N) is 2. The standard InChI is InChI=1S/C21H20N4O/c1-14-3-7-16(8-4-14)19-11-17-13-25(21(26)24-20(17)23-19)18-9-5-15(6-10-18)12-22-2/h3-11,13,22H,12H2,1-2H3,(H,23,24,26). The zero-order valence-corrected chi connectivity index (χ0v) is 14.8. The van der Waals surface area contributed by atoms with Crippen molar-refractivity contribution in [1.82, 2.24) is 19.9 Å². The van der Waals surface area contributed by atoms with E-state index in [1.807, 2.05) is 43.6 Å². The summed E-state index contributed by atoms with van der Waals surface area (Å²) in [5, 5.41) is 4.02. The topological polar surface area (TPSA) is 62.7 Å². The molecule has 26 heavy (non-hydrogen) atoms. The van der Waals surface area contributed by atoms with Crippen molar-refractivity contribution in [1.29, 1.82) is 0 Å². The van der Waals surface area contributed by atoms with E-state index >= 15 is 0 Å². The van der Waals surface area contributed by atoms with E-state index in [1.165, 1.54) is 11.1 Å². The molecule has 4 aromatic rings. The molecule has 0 saturated heterocycles. The van der Waals surface area contributed by atoms with Gasteiger partial charge in [-0.1, -0.05) is 42.0 Å². The Hall–Kier alpha value is -3.18. The Morgan fingerprint density at radius 2 is 1.81 bits per heavy atom. The number of aromatic amines is 1. The minimum absolute atomic E-state index is 0.295. The number of H-pyrrole nitrogens is 1. The Morgan fingerprint density at radius 1 is 1.08 bits per heavy atom. The van der Waals surface area contributed by atoms with Gasteiger partial charge in [0.1, 0.15) is 5.65 Å². The number of rotatable bonds is 4. The highest BCUT2D eigenvalue weighted by molar-refractivity contribution is 5.82. The van der Waals surface area contributed by atoms with Crippen LogP contribution >= 0.6 is 0 Å². The summed E-state index contributed by atoms with van der Waals surface area (Å²) in [4.78, 5) is 19.9. The van der Waals surface area contributed by atoms with Crippen LogP contribution in [0, 0.1) is 6.92 Å². The van der Waals surface area contributed by atoms with E-state index in [1.54, 1.807) is 4.57 Å². The summed E-state index contributed by atoms with van der Waals surface area (Å²) in [6.45, 7) is 2.86. The van der Waals surface area contributed by atoms with Crippen LogP contribution in [0.4, 0.5) is 0 Å². The van der Waals surface area contributed by atoms with Gasteiger partial charge in [-0.05, 0) is 43.3 Å². The Kier molecular flexibility index (Phi) is 4.14. The molecule has 2 N–H and O–H groups in total. The van der Waals surface area contributed by atoms with Gasteiger partial charge in [0.15, 0.2) is 0 Å². The van der Waals surface area contributed by atoms with Crippen molar-refractivity contribution in [3.05, 3.63) is 82.4 Å². The summed E-state index contributed by atoms with van der Waals surface area (Å²) in [5.74, 6) is 0. The first-order chi connectivity index (χ1) is 12.6. The lowest BCUT2D eigenvalue weighted by atomic mass is 10.1. The quantitative estimate of drug-likeness (QED) is 0.596. The van der Waals surface area contributed by atoms with E-state index < -0.39 is 0 Å². The van der Waals surface area contributed by atoms with Crippen LogP contribution in [-0.4, -0.2) is 21.6 Å². The lowest BCUT2D eigenvalue weighted by Gasteiger charge is -2.06. The normalized spacial score (nSPS) is 11.2. The fourth-order valence-corrected chi connectivity index (χ4v) is 3.05. The number of hydrogen-bond donors (Lipinski definition) is 2. The Morgan fingerprint density at radius 3 is 2.50 bits per heavy atom. The van der Waals surface area contributed by atoms with Crippen LogP contribution in [0.2, 0.25) is 0 Å². The van der Waals surface area contributed by atoms with Crippen molar-refractivity contribution in [2.75, 3.05) is 7.05 Å². The van der Waals surface area contributed by atoms with Gasteiger partial charge in [0.05, 0.1) is 5.69 Å². The Labute approximate surface area is 151 Å². The molecule has 2 heterocycles. The highest BCUT2D eigenvalue weighted by Crippen LogP contribution is 2.23. The predicted octanol–water partition coefficient (Wildman–Crippen LogP) is 3.41. The maximum absolute atomic E-state index is 12.5. The van der Waals surface area contributed by atoms with Crippen molar-refractivity contribution < 1.29 is 0 Å². The largest absolute Gasteiger partial charge is 0.354 e. The first kappa shape index (κ1) is 16.3. The number of fused-ring (bicyclic) bond motifs is 1. The molecule has 2 aromatic carbocycles. The van der Waals surface area contributed by atoms with Crippen LogP contribution in [0.5, 0.6) is 0 Å². The number of nitrogens with one attached hydrogen (secondary N) is 2. The fourth-order valence-electron chi connectivity index (χ4n) is 3.05. The molecule has 0 unspecified atom stereocenters. The summed E-state index contributed by atoms with van der Waals surface area (Å²) in [6, 6.07) is 18.2. The molecule has 0 aliphatic rings. The predicted molar refractivity (Wildman–Crippen MR) is 105 cm³/mol. The SMILES string of the molecule is CNCc1ccc(-n2cc3cc(-c4ccc(C)cc4)[nH]c3nc2=O)cc1. The average Bonchev–Trinajstić information content (AvgIpc) is 3.05. The molecule has 5 nitrogen and oxygen atoms in total. The summed E-state index contributed by atoms with van der Waals surface area (Å²) in [7, 11) is 1.91. The first-order valence-corrected chi connectivity index (χ1v) is 8.57. The minimum Gasteiger partial charge on any atom is -0.339 e. The van der Waals surface area contributed by atoms with Crippen LogP contribution < -0.4 is 11.0 Å². The van der Waals surface area contributed by atoms with Crippen molar-refractivity contribution >= 4 is 11.0 Å². The van der Waals surface area contributed by atoms with E-state index in [4.69, 9.17) is 0 Å². The number of benzene rings is 2. The van der Waals surface area contributed by atoms with Gasteiger partial charge in [-0.25, -0.2) is 4.79 Å². The molecule has 130 valence electrons. The van der Waals surface area contributed by atoms with Crippen molar-refractivity contribution in [2.45, 2.75) is 13.5 Å². The second-order valence-electron chi connectivity index (χ2n) is 6.44. The maximum Gasteiger partial charge on any atom is 0.354 e. The molecule has 0 aliphatic carbocycles. The molecular weight excluding hydrogens is 324 g/mol. The Bertz CT molecular complexity index is 1110. The summed E-state index contributed by atoms with van der Waals surface area (Å²) < 4.78 is 1.58. The van der Waals surface area contributed by atoms with Gasteiger partial charge in [0.25, 0.3) is 0 Å². The van der Waals surface area contributed by atoms with Crippen LogP contribution in [0.3, 0.4) is 0 Å². The smallest absolute Gasteiger partial charge is 0.339 e. The lowest BCUT2D eigenvalue weighted by molar-refractivity contribution is 0.816. The van der Waals surface area contributed by atoms with Gasteiger partial charge in [0.2, 0.25) is 0 Å². The first-order valence-electron chi connectivity index (χ1n) is 8.57. The molecule has 0 radical (unpaired) electrons. The molecule has 0 bridgehead atoms. The monoisotopic (exact) mass is 344 g/mol. The van der Waals surface area contributed by atoms with E-state index in [-0.39, 0.29) is 5.69 Å². The third-order valence-electron chi connectivity index (χ3n) is 4.47. The molecule has 0 fully saturated rings. The number of hydrogen-bond acceptors (Lipinski definition) is 3. The van der Waals surface area contributed by atoms with Gasteiger partial charge >= 0.3 is 5.69 Å². The highest BCUT2D eigenvalue weighted by Gasteiger charge is 2.09. The van der Waals surface area contributed by atoms with Gasteiger partial charge in [-0.15, -0.1) is 0 Å². The van der Waals surface area contributed by atoms with Crippen LogP contribution in [0.1, 0.15) is 11.1 Å². The van der Waals surface area contributed by atoms with Crippen LogP contribution in [0.25, 0.3) is 28.0 Å². The van der Waals surface area contributed by atoms with E-state index in [0.29, 0.717) is 5.65 Å². The molecule has 0 amide bonds. The van der Waals surface area contributed by atoms with Gasteiger partial charge < -0.3 is 10.3 Å². The summed E-state index contributed by atoms with van der Waals surface area (Å²) in [5.41, 5.74) is 5.52. The molecule has 0 atom stereocenters. The molecule has 2 aromatic heterocycles. The molecular formula is C21H20N4O. The van der Waals surface area contributed by atoms with E-state index in [2.05, 4.69) is 46.5 Å². The number of aryl methyl sites for hydroxylation is 1. The molecule has 0 spiro atoms. The maximum atomic E-state index is 12.5. The Balaban J connectivity index is 1.76. The fraction of sp³-hybridized carbons (Fsp3) is 0.143. The average molecular weight is 344 g/mol. The van der Waals surface area contributed by atoms with Crippen LogP contribution in [0.15, 0.2) is 65.6 Å². The lowest BCUT2D eigenvalue weighted by Crippen LogP contribution is -2.20. The van der Waals surface area contributed by atoms with Crippen molar-refractivity contribution in [2.24, 2.45) is 0 Å². The zero-order valence-electron chi connectivity index (χ0n) is 14.8. The van der Waals surface area contributed by atoms with E-state index in [0.717, 1.165) is 28.9 Å². The second kappa shape index (κ2) is 6.61. The zero-order chi connectivity index (χ0) is 18.1. The summed E-state index contributed by atoms with van der Waals surface area (Å²) >= 11 is 0. The molecule has 0 saturated carbocycles. The van der Waals surface area contributed by atoms with Crippen molar-refractivity contribution in [3.63, 3.8) is 0 Å². The third-order valence-corrected chi connectivity index (χ3v) is 4.47. The van der Waals surface area contributed by atoms with Gasteiger partial charge in [-0.3, -0.25) is 4.57 Å². The van der Waals surface area contributed by atoms with Crippen LogP contribution in [-0.2, 0) is 6.54 Å². The molecule has 4 rings (SSSR count). The van der Waals surface area contributed by atoms with Gasteiger partial charge in [0, 0.05) is 23.8 Å². The third kappa shape index (κ3) is 3.05. The number of aromatic nitrogens is 3. The molecule has 5 heteroatoms. The van der Waals surface area contributed by atoms with Crippen molar-refractivity contribution in [3.8, 4) is 16.9 Å².